The van der Waals surface area contributed by atoms with Gasteiger partial charge in [-0.1, -0.05) is 42.5 Å². The van der Waals surface area contributed by atoms with E-state index in [-0.39, 0.29) is 17.0 Å². The molecule has 1 saturated carbocycles. The first kappa shape index (κ1) is 15.1. The molecule has 1 N–H and O–H groups in total. The van der Waals surface area contributed by atoms with E-state index >= 15 is 0 Å². The molecule has 1 fully saturated rings. The van der Waals surface area contributed by atoms with Gasteiger partial charge in [-0.2, -0.15) is 0 Å². The van der Waals surface area contributed by atoms with Gasteiger partial charge in [0, 0.05) is 11.8 Å². The fourth-order valence-corrected chi connectivity index (χ4v) is 3.34. The maximum atomic E-state index is 13.1. The molecule has 0 saturated heterocycles. The van der Waals surface area contributed by atoms with Gasteiger partial charge in [-0.15, -0.1) is 11.8 Å². The summed E-state index contributed by atoms with van der Waals surface area (Å²) >= 11 is 1.58. The van der Waals surface area contributed by atoms with Gasteiger partial charge in [0.25, 0.3) is 0 Å². The highest BCUT2D eigenvalue weighted by Gasteiger charge is 2.28. The fourth-order valence-electron chi connectivity index (χ4n) is 2.22. The van der Waals surface area contributed by atoms with E-state index < -0.39 is 0 Å². The quantitative estimate of drug-likeness (QED) is 0.870. The highest BCUT2D eigenvalue weighted by atomic mass is 32.2. The SMILES string of the molecule is O=C(NC1CC1)[C@H](SCc1ccccc1)c1ccc(F)cc1. The minimum atomic E-state index is -0.304. The molecule has 0 bridgehead atoms. The van der Waals surface area contributed by atoms with E-state index in [1.165, 1.54) is 17.7 Å². The lowest BCUT2D eigenvalue weighted by Crippen LogP contribution is -2.29. The minimum Gasteiger partial charge on any atom is -0.352 e. The Morgan fingerprint density at radius 2 is 1.82 bits per heavy atom. The molecular weight excluding hydrogens is 297 g/mol. The number of nitrogens with one attached hydrogen (secondary N) is 1. The van der Waals surface area contributed by atoms with Gasteiger partial charge in [0.2, 0.25) is 5.91 Å². The zero-order valence-corrected chi connectivity index (χ0v) is 13.0. The molecule has 2 aromatic carbocycles. The number of halogens is 1. The number of hydrogen-bond donors (Lipinski definition) is 1. The summed E-state index contributed by atoms with van der Waals surface area (Å²) in [6, 6.07) is 16.6. The van der Waals surface area contributed by atoms with Crippen molar-refractivity contribution in [2.75, 3.05) is 0 Å². The number of carbonyl (C=O) groups excluding carboxylic acids is 1. The molecule has 2 aromatic rings. The molecule has 0 radical (unpaired) electrons. The zero-order chi connectivity index (χ0) is 15.4. The first-order valence-corrected chi connectivity index (χ1v) is 8.48. The van der Waals surface area contributed by atoms with E-state index in [9.17, 15) is 9.18 Å². The third-order valence-electron chi connectivity index (χ3n) is 3.59. The molecule has 3 rings (SSSR count). The van der Waals surface area contributed by atoms with E-state index in [1.807, 2.05) is 30.3 Å². The number of benzene rings is 2. The largest absolute Gasteiger partial charge is 0.352 e. The Hall–Kier alpha value is -1.81. The molecule has 0 heterocycles. The van der Waals surface area contributed by atoms with Gasteiger partial charge in [-0.05, 0) is 36.1 Å². The summed E-state index contributed by atoms with van der Waals surface area (Å²) in [6.45, 7) is 0. The Morgan fingerprint density at radius 3 is 2.45 bits per heavy atom. The van der Waals surface area contributed by atoms with Gasteiger partial charge in [0.1, 0.15) is 11.1 Å². The first-order chi connectivity index (χ1) is 10.7. The third kappa shape index (κ3) is 4.10. The standard InChI is InChI=1S/C18H18FNOS/c19-15-8-6-14(7-9-15)17(18(21)20-16-10-11-16)22-12-13-4-2-1-3-5-13/h1-9,16-17H,10-12H2,(H,20,21)/t17-/m1/s1. The molecule has 1 aliphatic rings. The summed E-state index contributed by atoms with van der Waals surface area (Å²) in [5, 5.41) is 2.75. The van der Waals surface area contributed by atoms with Crippen molar-refractivity contribution in [3.63, 3.8) is 0 Å². The van der Waals surface area contributed by atoms with E-state index in [1.54, 1.807) is 23.9 Å². The lowest BCUT2D eigenvalue weighted by Gasteiger charge is -2.17. The smallest absolute Gasteiger partial charge is 0.237 e. The maximum Gasteiger partial charge on any atom is 0.237 e. The predicted molar refractivity (Wildman–Crippen MR) is 88.0 cm³/mol. The number of amides is 1. The molecule has 22 heavy (non-hydrogen) atoms. The molecule has 1 amide bonds. The van der Waals surface area contributed by atoms with Crippen LogP contribution in [0.1, 0.15) is 29.2 Å². The Kier molecular flexibility index (Phi) is 4.78. The molecule has 0 aromatic heterocycles. The number of rotatable bonds is 6. The molecule has 0 aliphatic heterocycles. The van der Waals surface area contributed by atoms with Crippen molar-refractivity contribution < 1.29 is 9.18 Å². The summed E-state index contributed by atoms with van der Waals surface area (Å²) < 4.78 is 13.1. The highest BCUT2D eigenvalue weighted by Crippen LogP contribution is 2.33. The molecular formula is C18H18FNOS. The summed E-state index contributed by atoms with van der Waals surface area (Å²) in [5.41, 5.74) is 2.03. The average Bonchev–Trinajstić information content (AvgIpc) is 3.34. The van der Waals surface area contributed by atoms with Gasteiger partial charge in [0.15, 0.2) is 0 Å². The lowest BCUT2D eigenvalue weighted by atomic mass is 10.1. The van der Waals surface area contributed by atoms with Crippen LogP contribution in [0.4, 0.5) is 4.39 Å². The molecule has 2 nitrogen and oxygen atoms in total. The van der Waals surface area contributed by atoms with E-state index in [0.29, 0.717) is 6.04 Å². The molecule has 0 unspecified atom stereocenters. The maximum absolute atomic E-state index is 13.1. The normalized spacial score (nSPS) is 15.3. The van der Waals surface area contributed by atoms with Crippen molar-refractivity contribution in [1.29, 1.82) is 0 Å². The second-order valence-electron chi connectivity index (χ2n) is 5.51. The number of hydrogen-bond acceptors (Lipinski definition) is 2. The predicted octanol–water partition coefficient (Wildman–Crippen LogP) is 4.08. The van der Waals surface area contributed by atoms with Gasteiger partial charge in [0.05, 0.1) is 0 Å². The van der Waals surface area contributed by atoms with Crippen molar-refractivity contribution in [2.24, 2.45) is 0 Å². The summed E-state index contributed by atoms with van der Waals surface area (Å²) in [7, 11) is 0. The van der Waals surface area contributed by atoms with Crippen molar-refractivity contribution in [3.05, 3.63) is 71.5 Å². The van der Waals surface area contributed by atoms with Crippen LogP contribution >= 0.6 is 11.8 Å². The Balaban J connectivity index is 1.72. The van der Waals surface area contributed by atoms with Crippen LogP contribution < -0.4 is 5.32 Å². The van der Waals surface area contributed by atoms with Gasteiger partial charge < -0.3 is 5.32 Å². The molecule has 114 valence electrons. The van der Waals surface area contributed by atoms with Crippen LogP contribution in [0, 0.1) is 5.82 Å². The Labute approximate surface area is 134 Å². The second kappa shape index (κ2) is 6.97. The van der Waals surface area contributed by atoms with Crippen LogP contribution in [0.25, 0.3) is 0 Å². The molecule has 4 heteroatoms. The van der Waals surface area contributed by atoms with Crippen molar-refractivity contribution in [2.45, 2.75) is 29.9 Å². The third-order valence-corrected chi connectivity index (χ3v) is 4.91. The zero-order valence-electron chi connectivity index (χ0n) is 12.2. The topological polar surface area (TPSA) is 29.1 Å². The van der Waals surface area contributed by atoms with Crippen LogP contribution in [0.15, 0.2) is 54.6 Å². The van der Waals surface area contributed by atoms with Crippen LogP contribution in [-0.4, -0.2) is 11.9 Å². The minimum absolute atomic E-state index is 0.0232. The van der Waals surface area contributed by atoms with E-state index in [4.69, 9.17) is 0 Å². The van der Waals surface area contributed by atoms with Gasteiger partial charge in [-0.3, -0.25) is 4.79 Å². The summed E-state index contributed by atoms with van der Waals surface area (Å²) in [6.07, 6.45) is 2.12. The number of carbonyl (C=O) groups is 1. The van der Waals surface area contributed by atoms with E-state index in [0.717, 1.165) is 24.2 Å². The summed E-state index contributed by atoms with van der Waals surface area (Å²) in [5.74, 6) is 0.495. The van der Waals surface area contributed by atoms with Crippen LogP contribution in [0.2, 0.25) is 0 Å². The molecule has 0 spiro atoms. The van der Waals surface area contributed by atoms with Crippen LogP contribution in [0.5, 0.6) is 0 Å². The average molecular weight is 315 g/mol. The van der Waals surface area contributed by atoms with Crippen LogP contribution in [0.3, 0.4) is 0 Å². The van der Waals surface area contributed by atoms with Crippen molar-refractivity contribution >= 4 is 17.7 Å². The van der Waals surface area contributed by atoms with Gasteiger partial charge in [-0.25, -0.2) is 4.39 Å². The Morgan fingerprint density at radius 1 is 1.14 bits per heavy atom. The Bertz CT molecular complexity index is 625. The second-order valence-corrected chi connectivity index (χ2v) is 6.60. The van der Waals surface area contributed by atoms with Crippen LogP contribution in [-0.2, 0) is 10.5 Å². The first-order valence-electron chi connectivity index (χ1n) is 7.44. The lowest BCUT2D eigenvalue weighted by molar-refractivity contribution is -0.120. The van der Waals surface area contributed by atoms with Gasteiger partial charge >= 0.3 is 0 Å². The summed E-state index contributed by atoms with van der Waals surface area (Å²) in [4.78, 5) is 12.5. The van der Waals surface area contributed by atoms with Crippen molar-refractivity contribution in [1.82, 2.24) is 5.32 Å². The fraction of sp³-hybridized carbons (Fsp3) is 0.278. The van der Waals surface area contributed by atoms with Crippen molar-refractivity contribution in [3.8, 4) is 0 Å². The van der Waals surface area contributed by atoms with E-state index in [2.05, 4.69) is 5.32 Å². The molecule has 1 aliphatic carbocycles. The number of thioether (sulfide) groups is 1. The highest BCUT2D eigenvalue weighted by molar-refractivity contribution is 7.99. The molecule has 1 atom stereocenters. The monoisotopic (exact) mass is 315 g/mol.